The van der Waals surface area contributed by atoms with E-state index in [9.17, 15) is 9.90 Å². The Kier molecular flexibility index (Phi) is 3.01. The molecule has 0 spiro atoms. The second-order valence-corrected chi connectivity index (χ2v) is 5.26. The number of nitrogens with zero attached hydrogens (tertiary/aromatic N) is 1. The van der Waals surface area contributed by atoms with Gasteiger partial charge in [-0.2, -0.15) is 0 Å². The van der Waals surface area contributed by atoms with Crippen LogP contribution in [0, 0.1) is 0 Å². The lowest BCUT2D eigenvalue weighted by atomic mass is 9.89. The van der Waals surface area contributed by atoms with Crippen LogP contribution < -0.4 is 0 Å². The predicted octanol–water partition coefficient (Wildman–Crippen LogP) is 1.36. The number of aromatic carboxylic acids is 1. The SMILES string of the molecule is CN1CCCC(O)(c2sccc2C(=O)O)C1. The van der Waals surface area contributed by atoms with Crippen LogP contribution in [-0.2, 0) is 5.60 Å². The highest BCUT2D eigenvalue weighted by Crippen LogP contribution is 2.36. The van der Waals surface area contributed by atoms with E-state index in [0.29, 0.717) is 17.8 Å². The van der Waals surface area contributed by atoms with Crippen molar-refractivity contribution in [3.8, 4) is 0 Å². The van der Waals surface area contributed by atoms with Crippen LogP contribution in [-0.4, -0.2) is 41.2 Å². The molecule has 0 aliphatic carbocycles. The van der Waals surface area contributed by atoms with Crippen LogP contribution in [0.4, 0.5) is 0 Å². The number of piperidine rings is 1. The van der Waals surface area contributed by atoms with Crippen LogP contribution in [0.25, 0.3) is 0 Å². The molecule has 1 aromatic heterocycles. The number of thiophene rings is 1. The molecule has 0 radical (unpaired) electrons. The van der Waals surface area contributed by atoms with Gasteiger partial charge in [-0.15, -0.1) is 11.3 Å². The number of likely N-dealkylation sites (tertiary alicyclic amines) is 1. The molecule has 0 aromatic carbocycles. The minimum Gasteiger partial charge on any atom is -0.478 e. The zero-order chi connectivity index (χ0) is 11.8. The average molecular weight is 241 g/mol. The first kappa shape index (κ1) is 11.6. The summed E-state index contributed by atoms with van der Waals surface area (Å²) in [4.78, 5) is 13.7. The number of hydrogen-bond donors (Lipinski definition) is 2. The van der Waals surface area contributed by atoms with E-state index in [2.05, 4.69) is 0 Å². The smallest absolute Gasteiger partial charge is 0.336 e. The summed E-state index contributed by atoms with van der Waals surface area (Å²) in [5.74, 6) is -0.960. The molecule has 1 unspecified atom stereocenters. The van der Waals surface area contributed by atoms with Gasteiger partial charge in [-0.1, -0.05) is 0 Å². The van der Waals surface area contributed by atoms with E-state index in [4.69, 9.17) is 5.11 Å². The zero-order valence-electron chi connectivity index (χ0n) is 9.14. The van der Waals surface area contributed by atoms with Crippen molar-refractivity contribution in [2.45, 2.75) is 18.4 Å². The molecule has 1 aliphatic rings. The van der Waals surface area contributed by atoms with Crippen LogP contribution in [0.3, 0.4) is 0 Å². The number of rotatable bonds is 2. The lowest BCUT2D eigenvalue weighted by molar-refractivity contribution is -0.0256. The molecule has 1 saturated heterocycles. The summed E-state index contributed by atoms with van der Waals surface area (Å²) in [5, 5.41) is 21.3. The molecule has 1 aromatic rings. The quantitative estimate of drug-likeness (QED) is 0.820. The summed E-state index contributed by atoms with van der Waals surface area (Å²) < 4.78 is 0. The summed E-state index contributed by atoms with van der Waals surface area (Å²) in [7, 11) is 1.94. The third-order valence-corrected chi connectivity index (χ3v) is 4.09. The molecule has 0 saturated carbocycles. The van der Waals surface area contributed by atoms with Gasteiger partial charge in [0, 0.05) is 6.54 Å². The third-order valence-electron chi connectivity index (χ3n) is 2.98. The van der Waals surface area contributed by atoms with Crippen LogP contribution in [0.5, 0.6) is 0 Å². The number of β-amino-alcohol motifs (C(OH)–C–C–N with tert-alkyl or cyclic N) is 1. The molecule has 2 N–H and O–H groups in total. The largest absolute Gasteiger partial charge is 0.478 e. The Morgan fingerprint density at radius 3 is 3.00 bits per heavy atom. The highest BCUT2D eigenvalue weighted by atomic mass is 32.1. The van der Waals surface area contributed by atoms with Crippen molar-refractivity contribution >= 4 is 17.3 Å². The number of carbonyl (C=O) groups is 1. The first-order chi connectivity index (χ1) is 7.53. The summed E-state index contributed by atoms with van der Waals surface area (Å²) in [6.07, 6.45) is 1.53. The second kappa shape index (κ2) is 4.16. The Morgan fingerprint density at radius 1 is 1.62 bits per heavy atom. The minimum atomic E-state index is -0.991. The molecule has 2 heterocycles. The maximum absolute atomic E-state index is 11.0. The Labute approximate surface area is 98.1 Å². The van der Waals surface area contributed by atoms with Crippen LogP contribution in [0.15, 0.2) is 11.4 Å². The predicted molar refractivity (Wildman–Crippen MR) is 61.9 cm³/mol. The fourth-order valence-electron chi connectivity index (χ4n) is 2.27. The lowest BCUT2D eigenvalue weighted by Crippen LogP contribution is -2.44. The van der Waals surface area contributed by atoms with Gasteiger partial charge in [0.05, 0.1) is 10.4 Å². The second-order valence-electron chi connectivity index (χ2n) is 4.34. The molecule has 1 fully saturated rings. The van der Waals surface area contributed by atoms with Gasteiger partial charge >= 0.3 is 5.97 Å². The summed E-state index contributed by atoms with van der Waals surface area (Å²) >= 11 is 1.33. The topological polar surface area (TPSA) is 60.8 Å². The normalized spacial score (nSPS) is 26.9. The monoisotopic (exact) mass is 241 g/mol. The van der Waals surface area contributed by atoms with Crippen molar-refractivity contribution < 1.29 is 15.0 Å². The molecule has 2 rings (SSSR count). The molecular formula is C11H15NO3S. The van der Waals surface area contributed by atoms with Gasteiger partial charge < -0.3 is 15.1 Å². The summed E-state index contributed by atoms with van der Waals surface area (Å²) in [5.41, 5.74) is -0.752. The van der Waals surface area contributed by atoms with Gasteiger partial charge in [0.25, 0.3) is 0 Å². The van der Waals surface area contributed by atoms with Crippen molar-refractivity contribution in [1.82, 2.24) is 4.90 Å². The van der Waals surface area contributed by atoms with E-state index in [-0.39, 0.29) is 5.56 Å². The molecule has 16 heavy (non-hydrogen) atoms. The van der Waals surface area contributed by atoms with Crippen molar-refractivity contribution in [2.24, 2.45) is 0 Å². The van der Waals surface area contributed by atoms with E-state index >= 15 is 0 Å². The maximum Gasteiger partial charge on any atom is 0.336 e. The first-order valence-corrected chi connectivity index (χ1v) is 6.13. The Hall–Kier alpha value is -0.910. The van der Waals surface area contributed by atoms with Gasteiger partial charge in [-0.05, 0) is 37.9 Å². The molecule has 0 bridgehead atoms. The van der Waals surface area contributed by atoms with Crippen molar-refractivity contribution in [3.05, 3.63) is 21.9 Å². The van der Waals surface area contributed by atoms with Crippen molar-refractivity contribution in [1.29, 1.82) is 0 Å². The Morgan fingerprint density at radius 2 is 2.38 bits per heavy atom. The average Bonchev–Trinajstić information content (AvgIpc) is 2.65. The number of aliphatic hydroxyl groups is 1. The van der Waals surface area contributed by atoms with Crippen molar-refractivity contribution in [3.63, 3.8) is 0 Å². The first-order valence-electron chi connectivity index (χ1n) is 5.25. The van der Waals surface area contributed by atoms with Gasteiger partial charge in [0.15, 0.2) is 0 Å². The number of carboxylic acids is 1. The third kappa shape index (κ3) is 1.98. The molecule has 5 heteroatoms. The van der Waals surface area contributed by atoms with E-state index in [1.807, 2.05) is 11.9 Å². The van der Waals surface area contributed by atoms with Gasteiger partial charge in [0.1, 0.15) is 5.60 Å². The number of likely N-dealkylation sites (N-methyl/N-ethyl adjacent to an activating group) is 1. The molecule has 1 aliphatic heterocycles. The van der Waals surface area contributed by atoms with Gasteiger partial charge in [-0.3, -0.25) is 0 Å². The minimum absolute atomic E-state index is 0.239. The van der Waals surface area contributed by atoms with E-state index in [1.165, 1.54) is 11.3 Å². The fraction of sp³-hybridized carbons (Fsp3) is 0.545. The van der Waals surface area contributed by atoms with Crippen LogP contribution >= 0.6 is 11.3 Å². The molecular weight excluding hydrogens is 226 g/mol. The van der Waals surface area contributed by atoms with Crippen LogP contribution in [0.1, 0.15) is 28.1 Å². The number of hydrogen-bond acceptors (Lipinski definition) is 4. The number of carboxylic acid groups (broad SMARTS) is 1. The van der Waals surface area contributed by atoms with Gasteiger partial charge in [-0.25, -0.2) is 4.79 Å². The summed E-state index contributed by atoms with van der Waals surface area (Å²) in [6, 6.07) is 1.56. The van der Waals surface area contributed by atoms with E-state index in [1.54, 1.807) is 11.4 Å². The molecule has 4 nitrogen and oxygen atoms in total. The fourth-order valence-corrected chi connectivity index (χ4v) is 3.28. The lowest BCUT2D eigenvalue weighted by Gasteiger charge is -2.37. The van der Waals surface area contributed by atoms with E-state index in [0.717, 1.165) is 13.0 Å². The van der Waals surface area contributed by atoms with Gasteiger partial charge in [0.2, 0.25) is 0 Å². The van der Waals surface area contributed by atoms with Crippen LogP contribution in [0.2, 0.25) is 0 Å². The molecule has 88 valence electrons. The Balaban J connectivity index is 2.34. The molecule has 0 amide bonds. The van der Waals surface area contributed by atoms with E-state index < -0.39 is 11.6 Å². The van der Waals surface area contributed by atoms with Crippen molar-refractivity contribution in [2.75, 3.05) is 20.1 Å². The zero-order valence-corrected chi connectivity index (χ0v) is 9.96. The molecule has 1 atom stereocenters. The standard InChI is InChI=1S/C11H15NO3S/c1-12-5-2-4-11(15,7-12)9-8(10(13)14)3-6-16-9/h3,6,15H,2,4-5,7H2,1H3,(H,13,14). The highest BCUT2D eigenvalue weighted by molar-refractivity contribution is 7.10. The Bertz CT molecular complexity index is 404. The highest BCUT2D eigenvalue weighted by Gasteiger charge is 2.37. The summed E-state index contributed by atoms with van der Waals surface area (Å²) in [6.45, 7) is 1.46. The maximum atomic E-state index is 11.0.